The third-order valence-electron chi connectivity index (χ3n) is 4.94. The van der Waals surface area contributed by atoms with Crippen molar-refractivity contribution in [1.29, 1.82) is 0 Å². The highest BCUT2D eigenvalue weighted by molar-refractivity contribution is 5.41. The number of nitrogen functional groups attached to an aromatic ring is 1. The molecule has 1 aromatic rings. The molecular weight excluding hydrogens is 265 g/mol. The number of piperidine rings is 2. The molecule has 1 aromatic carbocycles. The highest BCUT2D eigenvalue weighted by atomic mass is 19.1. The first kappa shape index (κ1) is 14.8. The summed E-state index contributed by atoms with van der Waals surface area (Å²) >= 11 is 0. The summed E-state index contributed by atoms with van der Waals surface area (Å²) in [4.78, 5) is 5.12. The van der Waals surface area contributed by atoms with Crippen molar-refractivity contribution in [2.75, 3.05) is 31.9 Å². The normalized spacial score (nSPS) is 22.5. The van der Waals surface area contributed by atoms with Gasteiger partial charge >= 0.3 is 0 Å². The molecule has 0 bridgehead atoms. The molecule has 3 nitrogen and oxygen atoms in total. The van der Waals surface area contributed by atoms with Crippen LogP contribution in [0.5, 0.6) is 0 Å². The third-order valence-corrected chi connectivity index (χ3v) is 4.94. The van der Waals surface area contributed by atoms with E-state index in [1.54, 1.807) is 12.1 Å². The molecule has 0 saturated carbocycles. The largest absolute Gasteiger partial charge is 0.396 e. The van der Waals surface area contributed by atoms with Gasteiger partial charge in [-0.05, 0) is 69.6 Å². The zero-order valence-corrected chi connectivity index (χ0v) is 12.7. The van der Waals surface area contributed by atoms with Crippen LogP contribution in [0.3, 0.4) is 0 Å². The molecule has 2 aliphatic rings. The van der Waals surface area contributed by atoms with E-state index in [2.05, 4.69) is 9.80 Å². The molecule has 2 fully saturated rings. The van der Waals surface area contributed by atoms with Gasteiger partial charge in [-0.15, -0.1) is 0 Å². The van der Waals surface area contributed by atoms with Crippen LogP contribution in [0.4, 0.5) is 10.1 Å². The zero-order chi connectivity index (χ0) is 14.7. The second-order valence-corrected chi connectivity index (χ2v) is 6.46. The number of hydrogen-bond donors (Lipinski definition) is 1. The molecule has 2 heterocycles. The topological polar surface area (TPSA) is 32.5 Å². The van der Waals surface area contributed by atoms with Gasteiger partial charge < -0.3 is 10.6 Å². The summed E-state index contributed by atoms with van der Waals surface area (Å²) in [7, 11) is 0. The lowest BCUT2D eigenvalue weighted by atomic mass is 9.99. The maximum absolute atomic E-state index is 13.5. The molecule has 0 atom stereocenters. The molecule has 0 aliphatic carbocycles. The van der Waals surface area contributed by atoms with Gasteiger partial charge in [0.05, 0.1) is 5.69 Å². The number of benzene rings is 1. The Kier molecular flexibility index (Phi) is 4.76. The maximum atomic E-state index is 13.5. The summed E-state index contributed by atoms with van der Waals surface area (Å²) in [5.74, 6) is -0.296. The number of halogens is 1. The average Bonchev–Trinajstić information content (AvgIpc) is 2.53. The molecule has 2 N–H and O–H groups in total. The van der Waals surface area contributed by atoms with E-state index in [-0.39, 0.29) is 11.5 Å². The Morgan fingerprint density at radius 3 is 2.43 bits per heavy atom. The number of rotatable bonds is 3. The smallest absolute Gasteiger partial charge is 0.146 e. The molecule has 4 heteroatoms. The van der Waals surface area contributed by atoms with Crippen LogP contribution in [0, 0.1) is 5.82 Å². The fraction of sp³-hybridized carbons (Fsp3) is 0.647. The SMILES string of the molecule is Nc1ccc(CN2CCC(N3CCCCC3)CC2)cc1F. The van der Waals surface area contributed by atoms with E-state index < -0.39 is 0 Å². The van der Waals surface area contributed by atoms with Crippen LogP contribution in [0.2, 0.25) is 0 Å². The molecule has 0 radical (unpaired) electrons. The number of nitrogens with two attached hydrogens (primary N) is 1. The first-order valence-electron chi connectivity index (χ1n) is 8.23. The van der Waals surface area contributed by atoms with Crippen LogP contribution in [-0.4, -0.2) is 42.0 Å². The van der Waals surface area contributed by atoms with Gasteiger partial charge in [0.25, 0.3) is 0 Å². The molecule has 21 heavy (non-hydrogen) atoms. The van der Waals surface area contributed by atoms with Crippen LogP contribution < -0.4 is 5.73 Å². The molecule has 0 amide bonds. The summed E-state index contributed by atoms with van der Waals surface area (Å²) in [5, 5.41) is 0. The second-order valence-electron chi connectivity index (χ2n) is 6.46. The Morgan fingerprint density at radius 1 is 1.05 bits per heavy atom. The van der Waals surface area contributed by atoms with Gasteiger partial charge in [0.1, 0.15) is 5.82 Å². The van der Waals surface area contributed by atoms with E-state index in [1.165, 1.54) is 45.2 Å². The lowest BCUT2D eigenvalue weighted by Crippen LogP contribution is -2.46. The van der Waals surface area contributed by atoms with Gasteiger partial charge in [0.2, 0.25) is 0 Å². The van der Waals surface area contributed by atoms with Crippen molar-refractivity contribution >= 4 is 5.69 Å². The molecule has 2 saturated heterocycles. The molecule has 0 aromatic heterocycles. The minimum Gasteiger partial charge on any atom is -0.396 e. The Hall–Kier alpha value is -1.13. The number of likely N-dealkylation sites (tertiary alicyclic amines) is 2. The highest BCUT2D eigenvalue weighted by Crippen LogP contribution is 2.22. The van der Waals surface area contributed by atoms with E-state index in [0.717, 1.165) is 31.2 Å². The Morgan fingerprint density at radius 2 is 1.76 bits per heavy atom. The molecule has 0 spiro atoms. The Bertz CT molecular complexity index is 463. The molecular formula is C17H26FN3. The summed E-state index contributed by atoms with van der Waals surface area (Å²) in [6.07, 6.45) is 6.63. The van der Waals surface area contributed by atoms with Gasteiger partial charge in [-0.25, -0.2) is 4.39 Å². The third kappa shape index (κ3) is 3.74. The minimum atomic E-state index is -0.296. The maximum Gasteiger partial charge on any atom is 0.146 e. The Balaban J connectivity index is 1.50. The van der Waals surface area contributed by atoms with E-state index in [1.807, 2.05) is 6.07 Å². The summed E-state index contributed by atoms with van der Waals surface area (Å²) in [6.45, 7) is 5.64. The van der Waals surface area contributed by atoms with Gasteiger partial charge in [-0.2, -0.15) is 0 Å². The van der Waals surface area contributed by atoms with Crippen LogP contribution in [0.15, 0.2) is 18.2 Å². The van der Waals surface area contributed by atoms with Crippen LogP contribution in [0.1, 0.15) is 37.7 Å². The standard InChI is InChI=1S/C17H26FN3/c18-16-12-14(4-5-17(16)19)13-20-10-6-15(7-11-20)21-8-2-1-3-9-21/h4-5,12,15H,1-3,6-11,13,19H2. The van der Waals surface area contributed by atoms with E-state index in [4.69, 9.17) is 5.73 Å². The second kappa shape index (κ2) is 6.75. The van der Waals surface area contributed by atoms with Crippen LogP contribution in [0.25, 0.3) is 0 Å². The number of nitrogens with zero attached hydrogens (tertiary/aromatic N) is 2. The minimum absolute atomic E-state index is 0.238. The summed E-state index contributed by atoms with van der Waals surface area (Å²) in [5.41, 5.74) is 6.79. The highest BCUT2D eigenvalue weighted by Gasteiger charge is 2.25. The van der Waals surface area contributed by atoms with Gasteiger partial charge in [0, 0.05) is 12.6 Å². The fourth-order valence-corrected chi connectivity index (χ4v) is 3.65. The van der Waals surface area contributed by atoms with Crippen LogP contribution in [-0.2, 0) is 6.54 Å². The van der Waals surface area contributed by atoms with E-state index in [9.17, 15) is 4.39 Å². The molecule has 0 unspecified atom stereocenters. The number of anilines is 1. The average molecular weight is 291 g/mol. The fourth-order valence-electron chi connectivity index (χ4n) is 3.65. The van der Waals surface area contributed by atoms with Crippen molar-refractivity contribution in [2.24, 2.45) is 0 Å². The molecule has 3 rings (SSSR count). The molecule has 2 aliphatic heterocycles. The summed E-state index contributed by atoms with van der Waals surface area (Å²) < 4.78 is 13.5. The van der Waals surface area contributed by atoms with Crippen molar-refractivity contribution in [1.82, 2.24) is 9.80 Å². The number of hydrogen-bond acceptors (Lipinski definition) is 3. The molecule has 116 valence electrons. The summed E-state index contributed by atoms with van der Waals surface area (Å²) in [6, 6.07) is 5.96. The predicted molar refractivity (Wildman–Crippen MR) is 84.5 cm³/mol. The van der Waals surface area contributed by atoms with E-state index >= 15 is 0 Å². The van der Waals surface area contributed by atoms with Crippen molar-refractivity contribution in [3.05, 3.63) is 29.6 Å². The zero-order valence-electron chi connectivity index (χ0n) is 12.7. The lowest BCUT2D eigenvalue weighted by molar-refractivity contribution is 0.0896. The van der Waals surface area contributed by atoms with Gasteiger partial charge in [-0.3, -0.25) is 4.90 Å². The van der Waals surface area contributed by atoms with Crippen LogP contribution >= 0.6 is 0 Å². The Labute approximate surface area is 126 Å². The quantitative estimate of drug-likeness (QED) is 0.869. The van der Waals surface area contributed by atoms with Crippen molar-refractivity contribution in [3.8, 4) is 0 Å². The van der Waals surface area contributed by atoms with Gasteiger partial charge in [0.15, 0.2) is 0 Å². The first-order valence-corrected chi connectivity index (χ1v) is 8.23. The van der Waals surface area contributed by atoms with E-state index in [0.29, 0.717) is 0 Å². The van der Waals surface area contributed by atoms with Crippen molar-refractivity contribution < 1.29 is 4.39 Å². The van der Waals surface area contributed by atoms with Crippen molar-refractivity contribution in [2.45, 2.75) is 44.7 Å². The van der Waals surface area contributed by atoms with Crippen molar-refractivity contribution in [3.63, 3.8) is 0 Å². The van der Waals surface area contributed by atoms with Gasteiger partial charge in [-0.1, -0.05) is 12.5 Å². The first-order chi connectivity index (χ1) is 10.2. The lowest BCUT2D eigenvalue weighted by Gasteiger charge is -2.40. The monoisotopic (exact) mass is 291 g/mol. The predicted octanol–water partition coefficient (Wildman–Crippen LogP) is 2.86.